The van der Waals surface area contributed by atoms with E-state index in [2.05, 4.69) is 44.7 Å². The molecule has 1 saturated heterocycles. The van der Waals surface area contributed by atoms with E-state index in [1.54, 1.807) is 7.11 Å². The van der Waals surface area contributed by atoms with Crippen LogP contribution in [-0.4, -0.2) is 60.7 Å². The number of benzene rings is 1. The monoisotopic (exact) mass is 481 g/mol. The van der Waals surface area contributed by atoms with Crippen LogP contribution in [0.5, 0.6) is 11.5 Å². The number of aliphatic hydroxyl groups is 1. The smallest absolute Gasteiger partial charge is 0.165 e. The summed E-state index contributed by atoms with van der Waals surface area (Å²) in [6.45, 7) is 11.0. The maximum Gasteiger partial charge on any atom is 0.165 e. The van der Waals surface area contributed by atoms with Gasteiger partial charge in [-0.1, -0.05) is 26.8 Å². The summed E-state index contributed by atoms with van der Waals surface area (Å²) >= 11 is 0. The molecule has 35 heavy (non-hydrogen) atoms. The first-order valence-corrected chi connectivity index (χ1v) is 13.9. The summed E-state index contributed by atoms with van der Waals surface area (Å²) in [5.41, 5.74) is 1.26. The number of likely N-dealkylation sites (tertiary alicyclic amines) is 1. The highest BCUT2D eigenvalue weighted by molar-refractivity contribution is 5.63. The molecule has 192 valence electrons. The van der Waals surface area contributed by atoms with E-state index >= 15 is 0 Å². The van der Waals surface area contributed by atoms with Crippen LogP contribution in [0.25, 0.3) is 0 Å². The first-order valence-electron chi connectivity index (χ1n) is 13.9. The van der Waals surface area contributed by atoms with Gasteiger partial charge in [-0.3, -0.25) is 4.90 Å². The molecule has 4 bridgehead atoms. The molecule has 0 amide bonds. The highest BCUT2D eigenvalue weighted by Gasteiger charge is 2.82. The van der Waals surface area contributed by atoms with Crippen LogP contribution in [0.1, 0.15) is 77.3 Å². The van der Waals surface area contributed by atoms with Gasteiger partial charge in [-0.25, -0.2) is 0 Å². The number of hydrogen-bond acceptors (Lipinski definition) is 5. The molecule has 7 aliphatic rings. The van der Waals surface area contributed by atoms with Crippen molar-refractivity contribution in [3.63, 3.8) is 0 Å². The molecule has 8 rings (SSSR count). The summed E-state index contributed by atoms with van der Waals surface area (Å²) in [7, 11) is 3.63. The quantitative estimate of drug-likeness (QED) is 0.660. The molecule has 1 N–H and O–H groups in total. The molecule has 5 nitrogen and oxygen atoms in total. The Hall–Kier alpha value is -1.30. The van der Waals surface area contributed by atoms with Crippen LogP contribution in [0.4, 0.5) is 0 Å². The Morgan fingerprint density at radius 3 is 2.54 bits per heavy atom. The standard InChI is InChI=1S/C30H43NO4/c1-26(2,3)27(4,32)21-16-28-11-12-30(21,34-6)25-29(28)13-14-31(17-18-7-8-18)22(28)15-19-9-10-20(33-5)24(35-25)23(19)29/h9-10,18,21-22,25,32H,7-8,11-17H2,1-6H3/t21-,22-,25?,27-,28-,29+,30-/m1/s1. The van der Waals surface area contributed by atoms with Gasteiger partial charge in [0.25, 0.3) is 0 Å². The van der Waals surface area contributed by atoms with E-state index in [0.717, 1.165) is 56.1 Å². The maximum atomic E-state index is 12.3. The second-order valence-corrected chi connectivity index (χ2v) is 14.0. The van der Waals surface area contributed by atoms with Crippen molar-refractivity contribution in [2.75, 3.05) is 27.3 Å². The zero-order valence-corrected chi connectivity index (χ0v) is 22.4. The van der Waals surface area contributed by atoms with Crippen LogP contribution in [0.3, 0.4) is 0 Å². The largest absolute Gasteiger partial charge is 0.493 e. The Morgan fingerprint density at radius 2 is 1.89 bits per heavy atom. The number of rotatable bonds is 5. The lowest BCUT2D eigenvalue weighted by molar-refractivity contribution is -0.312. The van der Waals surface area contributed by atoms with Crippen LogP contribution in [0.15, 0.2) is 12.1 Å². The van der Waals surface area contributed by atoms with Crippen LogP contribution in [0.2, 0.25) is 0 Å². The molecule has 2 aliphatic heterocycles. The molecule has 0 aromatic heterocycles. The average Bonchev–Trinajstić information content (AvgIpc) is 3.56. The number of methoxy groups -OCH3 is 2. The molecule has 2 spiro atoms. The molecule has 7 atom stereocenters. The molecule has 5 heteroatoms. The van der Waals surface area contributed by atoms with Crippen molar-refractivity contribution < 1.29 is 19.3 Å². The number of nitrogens with zero attached hydrogens (tertiary/aromatic N) is 1. The molecule has 1 unspecified atom stereocenters. The van der Waals surface area contributed by atoms with Crippen molar-refractivity contribution >= 4 is 0 Å². The van der Waals surface area contributed by atoms with Gasteiger partial charge in [0.05, 0.1) is 12.7 Å². The lowest BCUT2D eigenvalue weighted by Gasteiger charge is -2.75. The second-order valence-electron chi connectivity index (χ2n) is 14.0. The summed E-state index contributed by atoms with van der Waals surface area (Å²) in [5.74, 6) is 2.71. The van der Waals surface area contributed by atoms with Gasteiger partial charge in [-0.2, -0.15) is 0 Å². The molecule has 4 saturated carbocycles. The Morgan fingerprint density at radius 1 is 1.11 bits per heavy atom. The van der Waals surface area contributed by atoms with Crippen LogP contribution in [-0.2, 0) is 16.6 Å². The van der Waals surface area contributed by atoms with Crippen molar-refractivity contribution in [3.05, 3.63) is 23.3 Å². The summed E-state index contributed by atoms with van der Waals surface area (Å²) in [5, 5.41) is 12.3. The Labute approximate surface area is 210 Å². The zero-order valence-electron chi connectivity index (χ0n) is 22.4. The number of fused-ring (bicyclic) bond motifs is 2. The Bertz CT molecular complexity index is 1070. The van der Waals surface area contributed by atoms with Gasteiger partial charge in [-0.15, -0.1) is 0 Å². The minimum atomic E-state index is -0.879. The number of hydrogen-bond donors (Lipinski definition) is 1. The third-order valence-electron chi connectivity index (χ3n) is 12.1. The summed E-state index contributed by atoms with van der Waals surface area (Å²) in [6.07, 6.45) is 8.00. The second kappa shape index (κ2) is 6.76. The SMILES string of the molecule is COc1ccc2c3c1OC1[C@@]4(OC)CC[C@@]5(C[C@@H]4[C@@](C)(O)C(C)(C)C)[C@@H](C2)N(CC2CC2)CC[C@]315. The minimum absolute atomic E-state index is 0.0112. The predicted molar refractivity (Wildman–Crippen MR) is 135 cm³/mol. The normalized spacial score (nSPS) is 42.9. The van der Waals surface area contributed by atoms with Crippen LogP contribution in [0, 0.1) is 22.7 Å². The fourth-order valence-corrected chi connectivity index (χ4v) is 9.73. The first kappa shape index (κ1) is 22.9. The zero-order chi connectivity index (χ0) is 24.6. The Balaban J connectivity index is 1.48. The van der Waals surface area contributed by atoms with Crippen molar-refractivity contribution in [1.29, 1.82) is 0 Å². The highest BCUT2D eigenvalue weighted by atomic mass is 16.6. The molecule has 2 heterocycles. The van der Waals surface area contributed by atoms with E-state index in [9.17, 15) is 5.11 Å². The maximum absolute atomic E-state index is 12.3. The average molecular weight is 482 g/mol. The van der Waals surface area contributed by atoms with Gasteiger partial charge in [0.15, 0.2) is 11.5 Å². The molecule has 5 aliphatic carbocycles. The van der Waals surface area contributed by atoms with E-state index in [1.807, 2.05) is 7.11 Å². The van der Waals surface area contributed by atoms with E-state index < -0.39 is 11.2 Å². The number of piperidine rings is 1. The van der Waals surface area contributed by atoms with Gasteiger partial charge in [0, 0.05) is 42.0 Å². The van der Waals surface area contributed by atoms with Crippen molar-refractivity contribution in [2.45, 2.75) is 101 Å². The molecule has 5 fully saturated rings. The minimum Gasteiger partial charge on any atom is -0.493 e. The summed E-state index contributed by atoms with van der Waals surface area (Å²) in [4.78, 5) is 2.86. The molecule has 1 aromatic carbocycles. The van der Waals surface area contributed by atoms with E-state index in [0.29, 0.717) is 6.04 Å². The highest BCUT2D eigenvalue weighted by Crippen LogP contribution is 2.78. The lowest BCUT2D eigenvalue weighted by Crippen LogP contribution is -2.83. The van der Waals surface area contributed by atoms with Gasteiger partial charge in [-0.05, 0) is 81.4 Å². The first-order chi connectivity index (χ1) is 16.6. The molecular formula is C30H43NO4. The predicted octanol–water partition coefficient (Wildman–Crippen LogP) is 4.72. The van der Waals surface area contributed by atoms with E-state index in [4.69, 9.17) is 14.2 Å². The van der Waals surface area contributed by atoms with E-state index in [1.165, 1.54) is 30.5 Å². The van der Waals surface area contributed by atoms with Gasteiger partial charge in [0.1, 0.15) is 11.7 Å². The fraction of sp³-hybridized carbons (Fsp3) is 0.800. The lowest BCUT2D eigenvalue weighted by atomic mass is 9.33. The van der Waals surface area contributed by atoms with Crippen molar-refractivity contribution in [2.24, 2.45) is 22.7 Å². The fourth-order valence-electron chi connectivity index (χ4n) is 9.73. The van der Waals surface area contributed by atoms with Gasteiger partial charge >= 0.3 is 0 Å². The van der Waals surface area contributed by atoms with Gasteiger partial charge < -0.3 is 19.3 Å². The van der Waals surface area contributed by atoms with Crippen LogP contribution >= 0.6 is 0 Å². The third-order valence-corrected chi connectivity index (χ3v) is 12.1. The molecular weight excluding hydrogens is 438 g/mol. The van der Waals surface area contributed by atoms with Gasteiger partial charge in [0.2, 0.25) is 0 Å². The molecule has 1 aromatic rings. The van der Waals surface area contributed by atoms with Crippen molar-refractivity contribution in [3.8, 4) is 11.5 Å². The van der Waals surface area contributed by atoms with E-state index in [-0.39, 0.29) is 28.3 Å². The topological polar surface area (TPSA) is 51.2 Å². The summed E-state index contributed by atoms with van der Waals surface area (Å²) < 4.78 is 19.6. The molecule has 0 radical (unpaired) electrons. The third kappa shape index (κ3) is 2.47. The van der Waals surface area contributed by atoms with Crippen LogP contribution < -0.4 is 9.47 Å². The van der Waals surface area contributed by atoms with Crippen molar-refractivity contribution in [1.82, 2.24) is 4.90 Å². The summed E-state index contributed by atoms with van der Waals surface area (Å²) in [6, 6.07) is 4.93. The number of ether oxygens (including phenoxy) is 3. The Kier molecular flexibility index (Phi) is 4.42.